The molecule has 2 N–H and O–H groups in total. The maximum absolute atomic E-state index is 12.0. The van der Waals surface area contributed by atoms with Gasteiger partial charge in [0.1, 0.15) is 5.75 Å². The van der Waals surface area contributed by atoms with E-state index in [2.05, 4.69) is 10.1 Å². The summed E-state index contributed by atoms with van der Waals surface area (Å²) in [5, 5.41) is 12.1. The maximum atomic E-state index is 12.0. The highest BCUT2D eigenvalue weighted by molar-refractivity contribution is 5.91. The summed E-state index contributed by atoms with van der Waals surface area (Å²) < 4.78 is 28.2. The second kappa shape index (κ2) is 8.36. The van der Waals surface area contributed by atoms with Crippen LogP contribution in [0, 0.1) is 5.92 Å². The molecule has 116 valence electrons. The van der Waals surface area contributed by atoms with Crippen LogP contribution in [0.15, 0.2) is 30.3 Å². The zero-order valence-electron chi connectivity index (χ0n) is 11.9. The third-order valence-electron chi connectivity index (χ3n) is 2.79. The Kier molecular flexibility index (Phi) is 6.81. The summed E-state index contributed by atoms with van der Waals surface area (Å²) in [6.07, 6.45) is 2.27. The van der Waals surface area contributed by atoms with Gasteiger partial charge < -0.3 is 15.2 Å². The fourth-order valence-corrected chi connectivity index (χ4v) is 1.43. The maximum Gasteiger partial charge on any atom is 0.387 e. The highest BCUT2D eigenvalue weighted by Gasteiger charge is 2.09. The minimum absolute atomic E-state index is 0.0617. The van der Waals surface area contributed by atoms with Crippen LogP contribution < -0.4 is 10.1 Å². The lowest BCUT2D eigenvalue weighted by molar-refractivity contribution is -0.117. The van der Waals surface area contributed by atoms with E-state index < -0.39 is 12.7 Å². The molecule has 0 heterocycles. The standard InChI is InChI=1S/C15H19F2NO3/c1-10(2)13(19)9-18-14(20)8-5-11-3-6-12(7-4-11)21-15(16)17/h3-8,10,13,15,19H,9H2,1-2H3,(H,18,20)/b8-5+. The average Bonchev–Trinajstić information content (AvgIpc) is 2.43. The number of hydrogen-bond acceptors (Lipinski definition) is 3. The minimum atomic E-state index is -2.86. The number of rotatable bonds is 7. The van der Waals surface area contributed by atoms with Crippen molar-refractivity contribution in [3.8, 4) is 5.75 Å². The van der Waals surface area contributed by atoms with Crippen LogP contribution in [-0.2, 0) is 4.79 Å². The minimum Gasteiger partial charge on any atom is -0.435 e. The number of carbonyl (C=O) groups excluding carboxylic acids is 1. The molecule has 1 aromatic carbocycles. The van der Waals surface area contributed by atoms with E-state index in [4.69, 9.17) is 0 Å². The van der Waals surface area contributed by atoms with Crippen molar-refractivity contribution in [2.45, 2.75) is 26.6 Å². The Bertz CT molecular complexity index is 472. The Morgan fingerprint density at radius 1 is 1.33 bits per heavy atom. The Labute approximate surface area is 122 Å². The van der Waals surface area contributed by atoms with E-state index >= 15 is 0 Å². The van der Waals surface area contributed by atoms with E-state index in [9.17, 15) is 18.7 Å². The van der Waals surface area contributed by atoms with Gasteiger partial charge in [-0.05, 0) is 29.7 Å². The molecule has 0 aliphatic rings. The number of benzene rings is 1. The van der Waals surface area contributed by atoms with E-state index in [0.717, 1.165) is 0 Å². The second-order valence-corrected chi connectivity index (χ2v) is 4.84. The number of aliphatic hydroxyl groups is 1. The summed E-state index contributed by atoms with van der Waals surface area (Å²) in [4.78, 5) is 11.5. The lowest BCUT2D eigenvalue weighted by Gasteiger charge is -2.13. The van der Waals surface area contributed by atoms with Gasteiger partial charge in [0.2, 0.25) is 5.91 Å². The number of carbonyl (C=O) groups is 1. The zero-order valence-corrected chi connectivity index (χ0v) is 11.9. The molecular formula is C15H19F2NO3. The molecule has 1 aromatic rings. The first kappa shape index (κ1) is 17.1. The SMILES string of the molecule is CC(C)C(O)CNC(=O)/C=C/c1ccc(OC(F)F)cc1. The quantitative estimate of drug-likeness (QED) is 0.760. The van der Waals surface area contributed by atoms with Crippen LogP contribution in [0.2, 0.25) is 0 Å². The summed E-state index contributed by atoms with van der Waals surface area (Å²) >= 11 is 0. The summed E-state index contributed by atoms with van der Waals surface area (Å²) in [7, 11) is 0. The summed E-state index contributed by atoms with van der Waals surface area (Å²) in [6.45, 7) is 1.04. The largest absolute Gasteiger partial charge is 0.435 e. The molecule has 1 unspecified atom stereocenters. The topological polar surface area (TPSA) is 58.6 Å². The van der Waals surface area contributed by atoms with E-state index in [1.54, 1.807) is 18.2 Å². The Morgan fingerprint density at radius 2 is 1.95 bits per heavy atom. The molecular weight excluding hydrogens is 280 g/mol. The highest BCUT2D eigenvalue weighted by Crippen LogP contribution is 2.15. The Morgan fingerprint density at radius 3 is 2.48 bits per heavy atom. The van der Waals surface area contributed by atoms with Crippen molar-refractivity contribution in [2.75, 3.05) is 6.54 Å². The molecule has 0 radical (unpaired) electrons. The van der Waals surface area contributed by atoms with Gasteiger partial charge in [0.05, 0.1) is 6.10 Å². The van der Waals surface area contributed by atoms with Crippen LogP contribution in [0.4, 0.5) is 8.78 Å². The van der Waals surface area contributed by atoms with Crippen molar-refractivity contribution < 1.29 is 23.4 Å². The van der Waals surface area contributed by atoms with Gasteiger partial charge in [-0.25, -0.2) is 0 Å². The first-order chi connectivity index (χ1) is 9.88. The average molecular weight is 299 g/mol. The van der Waals surface area contributed by atoms with Gasteiger partial charge in [0.25, 0.3) is 0 Å². The molecule has 4 nitrogen and oxygen atoms in total. The van der Waals surface area contributed by atoms with Crippen LogP contribution in [0.3, 0.4) is 0 Å². The molecule has 0 aromatic heterocycles. The van der Waals surface area contributed by atoms with Crippen LogP contribution in [0.5, 0.6) is 5.75 Å². The third-order valence-corrected chi connectivity index (χ3v) is 2.79. The highest BCUT2D eigenvalue weighted by atomic mass is 19.3. The predicted molar refractivity (Wildman–Crippen MR) is 76.0 cm³/mol. The van der Waals surface area contributed by atoms with E-state index in [-0.39, 0.29) is 24.1 Å². The molecule has 1 amide bonds. The van der Waals surface area contributed by atoms with Crippen LogP contribution in [0.1, 0.15) is 19.4 Å². The number of alkyl halides is 2. The lowest BCUT2D eigenvalue weighted by Crippen LogP contribution is -2.33. The summed E-state index contributed by atoms with van der Waals surface area (Å²) in [6, 6.07) is 5.91. The molecule has 21 heavy (non-hydrogen) atoms. The van der Waals surface area contributed by atoms with Gasteiger partial charge in [-0.15, -0.1) is 0 Å². The number of aliphatic hydroxyl groups excluding tert-OH is 1. The molecule has 0 aliphatic heterocycles. The Hall–Kier alpha value is -1.95. The number of nitrogens with one attached hydrogen (secondary N) is 1. The van der Waals surface area contributed by atoms with Gasteiger partial charge >= 0.3 is 6.61 Å². The molecule has 0 saturated heterocycles. The molecule has 6 heteroatoms. The second-order valence-electron chi connectivity index (χ2n) is 4.84. The van der Waals surface area contributed by atoms with E-state index in [0.29, 0.717) is 5.56 Å². The lowest BCUT2D eigenvalue weighted by atomic mass is 10.1. The molecule has 0 spiro atoms. The fraction of sp³-hybridized carbons (Fsp3) is 0.400. The van der Waals surface area contributed by atoms with Crippen molar-refractivity contribution >= 4 is 12.0 Å². The van der Waals surface area contributed by atoms with Crippen LogP contribution >= 0.6 is 0 Å². The molecule has 0 bridgehead atoms. The first-order valence-electron chi connectivity index (χ1n) is 6.57. The number of ether oxygens (including phenoxy) is 1. The van der Waals surface area contributed by atoms with Crippen molar-refractivity contribution in [1.29, 1.82) is 0 Å². The van der Waals surface area contributed by atoms with Crippen molar-refractivity contribution in [2.24, 2.45) is 5.92 Å². The van der Waals surface area contributed by atoms with Gasteiger partial charge in [-0.3, -0.25) is 4.79 Å². The molecule has 1 rings (SSSR count). The smallest absolute Gasteiger partial charge is 0.387 e. The fourth-order valence-electron chi connectivity index (χ4n) is 1.43. The number of halogens is 2. The van der Waals surface area contributed by atoms with Crippen LogP contribution in [0.25, 0.3) is 6.08 Å². The van der Waals surface area contributed by atoms with Crippen molar-refractivity contribution in [3.63, 3.8) is 0 Å². The van der Waals surface area contributed by atoms with Gasteiger partial charge in [-0.2, -0.15) is 8.78 Å². The predicted octanol–water partition coefficient (Wildman–Crippen LogP) is 2.43. The van der Waals surface area contributed by atoms with Crippen molar-refractivity contribution in [1.82, 2.24) is 5.32 Å². The van der Waals surface area contributed by atoms with E-state index in [1.807, 2.05) is 13.8 Å². The zero-order chi connectivity index (χ0) is 15.8. The molecule has 0 saturated carbocycles. The third kappa shape index (κ3) is 6.85. The molecule has 0 aliphatic carbocycles. The van der Waals surface area contributed by atoms with Crippen molar-refractivity contribution in [3.05, 3.63) is 35.9 Å². The number of amides is 1. The van der Waals surface area contributed by atoms with Gasteiger partial charge in [-0.1, -0.05) is 26.0 Å². The van der Waals surface area contributed by atoms with Crippen LogP contribution in [-0.4, -0.2) is 30.3 Å². The normalized spacial score (nSPS) is 12.9. The molecule has 1 atom stereocenters. The number of hydrogen-bond donors (Lipinski definition) is 2. The van der Waals surface area contributed by atoms with E-state index in [1.165, 1.54) is 18.2 Å². The summed E-state index contributed by atoms with van der Waals surface area (Å²) in [5.41, 5.74) is 0.677. The van der Waals surface area contributed by atoms with Gasteiger partial charge in [0.15, 0.2) is 0 Å². The Balaban J connectivity index is 2.46. The van der Waals surface area contributed by atoms with Gasteiger partial charge in [0, 0.05) is 12.6 Å². The molecule has 0 fully saturated rings. The summed E-state index contributed by atoms with van der Waals surface area (Å²) in [5.74, 6) is -0.203. The first-order valence-corrected chi connectivity index (χ1v) is 6.57. The monoisotopic (exact) mass is 299 g/mol.